The van der Waals surface area contributed by atoms with Crippen LogP contribution in [-0.2, 0) is 24.0 Å². The first kappa shape index (κ1) is 14.1. The van der Waals surface area contributed by atoms with E-state index in [1.807, 2.05) is 5.32 Å². The van der Waals surface area contributed by atoms with E-state index in [0.29, 0.717) is 0 Å². The summed E-state index contributed by atoms with van der Waals surface area (Å²) in [4.78, 5) is 59.3. The molecule has 0 bridgehead atoms. The van der Waals surface area contributed by atoms with Crippen LogP contribution in [0.15, 0.2) is 0 Å². The molecule has 2 aliphatic heterocycles. The van der Waals surface area contributed by atoms with Crippen LogP contribution in [0.3, 0.4) is 0 Å². The first-order chi connectivity index (χ1) is 9.36. The van der Waals surface area contributed by atoms with E-state index in [2.05, 4.69) is 5.32 Å². The quantitative estimate of drug-likeness (QED) is 0.416. The zero-order valence-corrected chi connectivity index (χ0v) is 10.8. The summed E-state index contributed by atoms with van der Waals surface area (Å²) in [6, 6.07) is -0.326. The Hall–Kier alpha value is -2.29. The molecule has 0 aliphatic carbocycles. The van der Waals surface area contributed by atoms with Gasteiger partial charge in [0.15, 0.2) is 0 Å². The second kappa shape index (κ2) is 5.37. The Morgan fingerprint density at radius 3 is 2.10 bits per heavy atom. The van der Waals surface area contributed by atoms with E-state index in [0.717, 1.165) is 4.90 Å². The Morgan fingerprint density at radius 2 is 1.50 bits per heavy atom. The summed E-state index contributed by atoms with van der Waals surface area (Å²) in [5.74, 6) is -3.11. The van der Waals surface area contributed by atoms with Gasteiger partial charge in [0.25, 0.3) is 0 Å². The van der Waals surface area contributed by atoms with Crippen molar-refractivity contribution in [2.45, 2.75) is 13.0 Å². The lowest BCUT2D eigenvalue weighted by Crippen LogP contribution is -2.60. The van der Waals surface area contributed by atoms with Crippen LogP contribution < -0.4 is 10.6 Å². The summed E-state index contributed by atoms with van der Waals surface area (Å²) in [6.07, 6.45) is 0. The normalized spacial score (nSPS) is 22.6. The SMILES string of the molecule is CC(CN1CC(=O)NC(=O)C1=O)N1CC(=O)NC(=O)C1. The fourth-order valence-corrected chi connectivity index (χ4v) is 2.16. The molecule has 0 radical (unpaired) electrons. The molecule has 20 heavy (non-hydrogen) atoms. The highest BCUT2D eigenvalue weighted by Gasteiger charge is 2.34. The highest BCUT2D eigenvalue weighted by Crippen LogP contribution is 2.07. The van der Waals surface area contributed by atoms with E-state index in [-0.39, 0.29) is 32.2 Å². The Kier molecular flexibility index (Phi) is 3.79. The smallest absolute Gasteiger partial charge is 0.316 e. The van der Waals surface area contributed by atoms with Crippen molar-refractivity contribution in [1.82, 2.24) is 20.4 Å². The maximum absolute atomic E-state index is 11.6. The van der Waals surface area contributed by atoms with Gasteiger partial charge < -0.3 is 4.90 Å². The Bertz CT molecular complexity index is 487. The lowest BCUT2D eigenvalue weighted by molar-refractivity contribution is -0.153. The summed E-state index contributed by atoms with van der Waals surface area (Å²) in [7, 11) is 0. The Balaban J connectivity index is 1.99. The largest absolute Gasteiger partial charge is 0.324 e. The van der Waals surface area contributed by atoms with Crippen LogP contribution in [0, 0.1) is 0 Å². The van der Waals surface area contributed by atoms with Crippen molar-refractivity contribution in [3.8, 4) is 0 Å². The number of nitrogens with zero attached hydrogens (tertiary/aromatic N) is 2. The van der Waals surface area contributed by atoms with E-state index in [1.165, 1.54) is 0 Å². The van der Waals surface area contributed by atoms with Crippen LogP contribution in [-0.4, -0.2) is 71.6 Å². The van der Waals surface area contributed by atoms with Crippen molar-refractivity contribution in [3.05, 3.63) is 0 Å². The van der Waals surface area contributed by atoms with Crippen LogP contribution in [0.5, 0.6) is 0 Å². The predicted molar refractivity (Wildman–Crippen MR) is 63.9 cm³/mol. The number of hydrogen-bond acceptors (Lipinski definition) is 6. The second-order valence-corrected chi connectivity index (χ2v) is 4.79. The number of rotatable bonds is 3. The van der Waals surface area contributed by atoms with Crippen molar-refractivity contribution < 1.29 is 24.0 Å². The van der Waals surface area contributed by atoms with Crippen LogP contribution in [0.1, 0.15) is 6.92 Å². The average molecular weight is 282 g/mol. The molecule has 5 amide bonds. The second-order valence-electron chi connectivity index (χ2n) is 4.79. The summed E-state index contributed by atoms with van der Waals surface area (Å²) in [6.45, 7) is 1.68. The molecule has 2 saturated heterocycles. The van der Waals surface area contributed by atoms with Gasteiger partial charge in [-0.3, -0.25) is 39.5 Å². The van der Waals surface area contributed by atoms with Crippen LogP contribution in [0.25, 0.3) is 0 Å². The highest BCUT2D eigenvalue weighted by atomic mass is 16.2. The molecule has 108 valence electrons. The number of nitrogens with one attached hydrogen (secondary N) is 2. The number of hydrogen-bond donors (Lipinski definition) is 2. The minimum atomic E-state index is -0.957. The number of amides is 5. The summed E-state index contributed by atoms with van der Waals surface area (Å²) >= 11 is 0. The molecule has 9 nitrogen and oxygen atoms in total. The molecule has 2 N–H and O–H groups in total. The minimum absolute atomic E-state index is 0.0368. The van der Waals surface area contributed by atoms with Gasteiger partial charge in [-0.25, -0.2) is 0 Å². The predicted octanol–water partition coefficient (Wildman–Crippen LogP) is -3.18. The topological polar surface area (TPSA) is 116 Å². The summed E-state index contributed by atoms with van der Waals surface area (Å²) < 4.78 is 0. The lowest BCUT2D eigenvalue weighted by atomic mass is 10.2. The molecular weight excluding hydrogens is 268 g/mol. The van der Waals surface area contributed by atoms with Gasteiger partial charge in [-0.05, 0) is 6.92 Å². The van der Waals surface area contributed by atoms with Gasteiger partial charge in [-0.2, -0.15) is 0 Å². The van der Waals surface area contributed by atoms with E-state index in [9.17, 15) is 24.0 Å². The molecule has 2 fully saturated rings. The maximum atomic E-state index is 11.6. The van der Waals surface area contributed by atoms with Crippen molar-refractivity contribution in [3.63, 3.8) is 0 Å². The molecular formula is C11H14N4O5. The zero-order valence-electron chi connectivity index (χ0n) is 10.8. The zero-order chi connectivity index (χ0) is 14.9. The first-order valence-electron chi connectivity index (χ1n) is 6.06. The van der Waals surface area contributed by atoms with E-state index < -0.39 is 29.5 Å². The molecule has 0 aromatic carbocycles. The third-order valence-corrected chi connectivity index (χ3v) is 3.15. The van der Waals surface area contributed by atoms with Crippen LogP contribution in [0.2, 0.25) is 0 Å². The van der Waals surface area contributed by atoms with Gasteiger partial charge in [0.2, 0.25) is 17.7 Å². The molecule has 2 rings (SSSR count). The molecule has 0 aromatic heterocycles. The molecule has 9 heteroatoms. The Labute approximate surface area is 114 Å². The van der Waals surface area contributed by atoms with Crippen molar-refractivity contribution in [2.24, 2.45) is 0 Å². The molecule has 0 saturated carbocycles. The monoisotopic (exact) mass is 282 g/mol. The van der Waals surface area contributed by atoms with Gasteiger partial charge in [0.1, 0.15) is 6.54 Å². The molecule has 0 aromatic rings. The number of piperazine rings is 2. The third-order valence-electron chi connectivity index (χ3n) is 3.15. The number of imide groups is 2. The van der Waals surface area contributed by atoms with Gasteiger partial charge in [-0.15, -0.1) is 0 Å². The van der Waals surface area contributed by atoms with Crippen molar-refractivity contribution in [2.75, 3.05) is 26.2 Å². The fourth-order valence-electron chi connectivity index (χ4n) is 2.16. The maximum Gasteiger partial charge on any atom is 0.316 e. The molecule has 1 unspecified atom stereocenters. The number of carbonyl (C=O) groups excluding carboxylic acids is 5. The first-order valence-corrected chi connectivity index (χ1v) is 6.06. The van der Waals surface area contributed by atoms with Gasteiger partial charge in [0.05, 0.1) is 13.1 Å². The third kappa shape index (κ3) is 2.99. The van der Waals surface area contributed by atoms with Crippen molar-refractivity contribution >= 4 is 29.5 Å². The molecule has 2 heterocycles. The molecule has 2 aliphatic rings. The lowest BCUT2D eigenvalue weighted by Gasteiger charge is -2.35. The summed E-state index contributed by atoms with van der Waals surface area (Å²) in [5.41, 5.74) is 0. The van der Waals surface area contributed by atoms with Gasteiger partial charge >= 0.3 is 11.8 Å². The van der Waals surface area contributed by atoms with Gasteiger partial charge in [0, 0.05) is 12.6 Å². The van der Waals surface area contributed by atoms with Crippen LogP contribution in [0.4, 0.5) is 0 Å². The van der Waals surface area contributed by atoms with Crippen molar-refractivity contribution in [1.29, 1.82) is 0 Å². The fraction of sp³-hybridized carbons (Fsp3) is 0.545. The summed E-state index contributed by atoms with van der Waals surface area (Å²) in [5, 5.41) is 4.10. The number of carbonyl (C=O) groups is 5. The minimum Gasteiger partial charge on any atom is -0.324 e. The average Bonchev–Trinajstić information content (AvgIpc) is 2.34. The molecule has 1 atom stereocenters. The van der Waals surface area contributed by atoms with Crippen LogP contribution >= 0.6 is 0 Å². The van der Waals surface area contributed by atoms with Gasteiger partial charge in [-0.1, -0.05) is 0 Å². The van der Waals surface area contributed by atoms with E-state index in [4.69, 9.17) is 0 Å². The molecule has 0 spiro atoms. The van der Waals surface area contributed by atoms with E-state index in [1.54, 1.807) is 11.8 Å². The van der Waals surface area contributed by atoms with E-state index >= 15 is 0 Å². The standard InChI is InChI=1S/C11H14N4O5/c1-6(14-3-7(16)12-8(17)4-14)2-15-5-9(18)13-10(19)11(15)20/h6H,2-5H2,1H3,(H,12,16,17)(H,13,18,19). The Morgan fingerprint density at radius 1 is 0.950 bits per heavy atom. The highest BCUT2D eigenvalue weighted by molar-refractivity contribution is 6.39.